The van der Waals surface area contributed by atoms with Crippen LogP contribution in [0.2, 0.25) is 0 Å². The van der Waals surface area contributed by atoms with Gasteiger partial charge in [-0.25, -0.2) is 0 Å². The molecule has 0 saturated heterocycles. The average molecular weight is 541 g/mol. The molecule has 0 spiro atoms. The van der Waals surface area contributed by atoms with Crippen LogP contribution in [-0.4, -0.2) is 42.0 Å². The van der Waals surface area contributed by atoms with E-state index in [2.05, 4.69) is 4.98 Å². The SMILES string of the molecule is CCOC(=O)CCC(=O)N1CCc2c([nH]c3ccc(OC)cc23)[C@@H]1c1ccc(-c2ccccc2C(F)(F)F)o1. The number of amides is 1. The number of methoxy groups -OCH3 is 1. The number of esters is 1. The average Bonchev–Trinajstić information content (AvgIpc) is 3.55. The highest BCUT2D eigenvalue weighted by molar-refractivity contribution is 5.88. The first-order chi connectivity index (χ1) is 18.7. The summed E-state index contributed by atoms with van der Waals surface area (Å²) in [5.74, 6) is 0.274. The number of carbonyl (C=O) groups is 2. The van der Waals surface area contributed by atoms with Crippen molar-refractivity contribution in [3.8, 4) is 17.1 Å². The van der Waals surface area contributed by atoms with Crippen LogP contribution < -0.4 is 4.74 Å². The zero-order valence-electron chi connectivity index (χ0n) is 21.4. The van der Waals surface area contributed by atoms with Crippen LogP contribution in [0.4, 0.5) is 13.2 Å². The molecule has 0 bridgehead atoms. The number of halogens is 3. The summed E-state index contributed by atoms with van der Waals surface area (Å²) in [6, 6.07) is 13.2. The maximum absolute atomic E-state index is 13.7. The van der Waals surface area contributed by atoms with E-state index in [4.69, 9.17) is 13.9 Å². The van der Waals surface area contributed by atoms with Crippen molar-refractivity contribution in [3.05, 3.63) is 77.2 Å². The van der Waals surface area contributed by atoms with Gasteiger partial charge >= 0.3 is 12.1 Å². The topological polar surface area (TPSA) is 84.8 Å². The summed E-state index contributed by atoms with van der Waals surface area (Å²) in [4.78, 5) is 30.3. The van der Waals surface area contributed by atoms with Gasteiger partial charge in [0.25, 0.3) is 0 Å². The second kappa shape index (κ2) is 10.5. The Morgan fingerprint density at radius 2 is 1.90 bits per heavy atom. The van der Waals surface area contributed by atoms with Crippen molar-refractivity contribution in [1.82, 2.24) is 9.88 Å². The molecule has 1 aliphatic heterocycles. The number of rotatable bonds is 7. The van der Waals surface area contributed by atoms with E-state index in [1.54, 1.807) is 25.0 Å². The predicted molar refractivity (Wildman–Crippen MR) is 137 cm³/mol. The van der Waals surface area contributed by atoms with E-state index in [1.807, 2.05) is 18.2 Å². The maximum Gasteiger partial charge on any atom is 0.417 e. The van der Waals surface area contributed by atoms with Crippen LogP contribution in [-0.2, 0) is 26.9 Å². The molecule has 1 aliphatic rings. The van der Waals surface area contributed by atoms with Gasteiger partial charge in [0.1, 0.15) is 23.3 Å². The minimum absolute atomic E-state index is 0.0433. The zero-order chi connectivity index (χ0) is 27.7. The molecule has 1 N–H and O–H groups in total. The van der Waals surface area contributed by atoms with Crippen molar-refractivity contribution in [1.29, 1.82) is 0 Å². The molecule has 1 amide bonds. The molecule has 0 radical (unpaired) electrons. The van der Waals surface area contributed by atoms with Crippen LogP contribution in [0, 0.1) is 0 Å². The van der Waals surface area contributed by atoms with Gasteiger partial charge < -0.3 is 23.8 Å². The number of aromatic amines is 1. The molecule has 3 heterocycles. The Kier molecular flexibility index (Phi) is 7.12. The van der Waals surface area contributed by atoms with Crippen LogP contribution in [0.25, 0.3) is 22.2 Å². The smallest absolute Gasteiger partial charge is 0.417 e. The molecule has 4 aromatic rings. The largest absolute Gasteiger partial charge is 0.497 e. The van der Waals surface area contributed by atoms with Crippen molar-refractivity contribution >= 4 is 22.8 Å². The van der Waals surface area contributed by atoms with Crippen LogP contribution >= 0.6 is 0 Å². The number of fused-ring (bicyclic) bond motifs is 3. The Bertz CT molecular complexity index is 1520. The second-order valence-electron chi connectivity index (χ2n) is 9.22. The molecular weight excluding hydrogens is 513 g/mol. The number of nitrogens with one attached hydrogen (secondary N) is 1. The number of carbonyl (C=O) groups excluding carboxylic acids is 2. The number of H-pyrrole nitrogens is 1. The van der Waals surface area contributed by atoms with Gasteiger partial charge in [-0.05, 0) is 55.3 Å². The van der Waals surface area contributed by atoms with Gasteiger partial charge in [0.05, 0.1) is 31.4 Å². The third kappa shape index (κ3) is 5.10. The first-order valence-corrected chi connectivity index (χ1v) is 12.6. The molecular formula is C29H27F3N2O5. The first-order valence-electron chi connectivity index (χ1n) is 12.6. The van der Waals surface area contributed by atoms with Crippen LogP contribution in [0.1, 0.15) is 48.4 Å². The van der Waals surface area contributed by atoms with E-state index in [1.165, 1.54) is 24.3 Å². The lowest BCUT2D eigenvalue weighted by atomic mass is 9.95. The standard InChI is InChI=1S/C29H27F3N2O5/c1-3-38-26(36)13-12-25(35)34-15-14-18-20-16-17(37-2)8-9-22(20)33-27(18)28(34)24-11-10-23(39-24)19-6-4-5-7-21(19)29(30,31)32/h4-11,16,28,33H,3,12-15H2,1-2H3/t28-/m0/s1. The highest BCUT2D eigenvalue weighted by atomic mass is 19.4. The van der Waals surface area contributed by atoms with Crippen molar-refractivity contribution in [2.24, 2.45) is 0 Å². The molecule has 10 heteroatoms. The first kappa shape index (κ1) is 26.4. The molecule has 0 fully saturated rings. The van der Waals surface area contributed by atoms with Crippen LogP contribution in [0.5, 0.6) is 5.75 Å². The number of ether oxygens (including phenoxy) is 2. The number of benzene rings is 2. The van der Waals surface area contributed by atoms with Gasteiger partial charge in [-0.3, -0.25) is 9.59 Å². The second-order valence-corrected chi connectivity index (χ2v) is 9.22. The minimum atomic E-state index is -4.56. The number of alkyl halides is 3. The lowest BCUT2D eigenvalue weighted by Crippen LogP contribution is -2.40. The normalized spacial score (nSPS) is 15.3. The molecule has 7 nitrogen and oxygen atoms in total. The van der Waals surface area contributed by atoms with Gasteiger partial charge in [-0.2, -0.15) is 13.2 Å². The van der Waals surface area contributed by atoms with Crippen molar-refractivity contribution in [2.45, 2.75) is 38.4 Å². The molecule has 204 valence electrons. The number of nitrogens with zero attached hydrogens (tertiary/aromatic N) is 1. The third-order valence-electron chi connectivity index (χ3n) is 6.90. The Morgan fingerprint density at radius 3 is 2.64 bits per heavy atom. The fourth-order valence-corrected chi connectivity index (χ4v) is 5.13. The molecule has 39 heavy (non-hydrogen) atoms. The lowest BCUT2D eigenvalue weighted by Gasteiger charge is -2.34. The van der Waals surface area contributed by atoms with Crippen LogP contribution in [0.15, 0.2) is 59.0 Å². The van der Waals surface area contributed by atoms with Gasteiger partial charge in [-0.15, -0.1) is 0 Å². The molecule has 2 aromatic carbocycles. The zero-order valence-corrected chi connectivity index (χ0v) is 21.4. The number of hydrogen-bond acceptors (Lipinski definition) is 5. The van der Waals surface area contributed by atoms with E-state index >= 15 is 0 Å². The fraction of sp³-hybridized carbons (Fsp3) is 0.310. The van der Waals surface area contributed by atoms with Crippen molar-refractivity contribution in [2.75, 3.05) is 20.3 Å². The summed E-state index contributed by atoms with van der Waals surface area (Å²) in [6.07, 6.45) is -4.17. The summed E-state index contributed by atoms with van der Waals surface area (Å²) >= 11 is 0. The molecule has 1 atom stereocenters. The van der Waals surface area contributed by atoms with Gasteiger partial charge in [0.2, 0.25) is 5.91 Å². The molecule has 0 saturated carbocycles. The van der Waals surface area contributed by atoms with Crippen molar-refractivity contribution < 1.29 is 36.7 Å². The molecule has 0 aliphatic carbocycles. The monoisotopic (exact) mass is 540 g/mol. The van der Waals surface area contributed by atoms with E-state index in [0.717, 1.165) is 22.5 Å². The fourth-order valence-electron chi connectivity index (χ4n) is 5.13. The Labute approximate surface area is 222 Å². The molecule has 2 aromatic heterocycles. The number of aromatic nitrogens is 1. The molecule has 0 unspecified atom stereocenters. The van der Waals surface area contributed by atoms with Gasteiger partial charge in [-0.1, -0.05) is 18.2 Å². The molecule has 5 rings (SSSR count). The highest BCUT2D eigenvalue weighted by Crippen LogP contribution is 2.43. The van der Waals surface area contributed by atoms with E-state index in [0.29, 0.717) is 30.2 Å². The predicted octanol–water partition coefficient (Wildman–Crippen LogP) is 6.27. The van der Waals surface area contributed by atoms with Gasteiger partial charge in [0, 0.05) is 29.4 Å². The Morgan fingerprint density at radius 1 is 1.10 bits per heavy atom. The highest BCUT2D eigenvalue weighted by Gasteiger charge is 2.38. The van der Waals surface area contributed by atoms with Crippen LogP contribution in [0.3, 0.4) is 0 Å². The van der Waals surface area contributed by atoms with E-state index in [9.17, 15) is 22.8 Å². The van der Waals surface area contributed by atoms with E-state index in [-0.39, 0.29) is 36.7 Å². The Balaban J connectivity index is 1.57. The summed E-state index contributed by atoms with van der Waals surface area (Å²) in [6.45, 7) is 2.24. The maximum atomic E-state index is 13.7. The van der Waals surface area contributed by atoms with Gasteiger partial charge in [0.15, 0.2) is 0 Å². The minimum Gasteiger partial charge on any atom is -0.497 e. The summed E-state index contributed by atoms with van der Waals surface area (Å²) in [5, 5.41) is 0.933. The Hall–Kier alpha value is -4.21. The van der Waals surface area contributed by atoms with E-state index < -0.39 is 23.8 Å². The number of furan rings is 1. The summed E-state index contributed by atoms with van der Waals surface area (Å²) in [5.41, 5.74) is 1.61. The quantitative estimate of drug-likeness (QED) is 0.279. The summed E-state index contributed by atoms with van der Waals surface area (Å²) in [7, 11) is 1.58. The van der Waals surface area contributed by atoms with Crippen molar-refractivity contribution in [3.63, 3.8) is 0 Å². The number of hydrogen-bond donors (Lipinski definition) is 1. The lowest BCUT2D eigenvalue weighted by molar-refractivity contribution is -0.146. The third-order valence-corrected chi connectivity index (χ3v) is 6.90. The summed E-state index contributed by atoms with van der Waals surface area (Å²) < 4.78 is 57.5.